The van der Waals surface area contributed by atoms with E-state index in [9.17, 15) is 4.79 Å². The molecule has 1 atom stereocenters. The van der Waals surface area contributed by atoms with Crippen LogP contribution in [0, 0.1) is 13.8 Å². The fraction of sp³-hybridized carbons (Fsp3) is 0.333. The van der Waals surface area contributed by atoms with Crippen LogP contribution in [-0.4, -0.2) is 28.5 Å². The van der Waals surface area contributed by atoms with E-state index in [1.165, 1.54) is 0 Å². The van der Waals surface area contributed by atoms with Crippen molar-refractivity contribution in [1.29, 1.82) is 0 Å². The number of hydrogen-bond acceptors (Lipinski definition) is 4. The molecule has 140 valence electrons. The molecule has 1 amide bonds. The van der Waals surface area contributed by atoms with Gasteiger partial charge >= 0.3 is 0 Å². The summed E-state index contributed by atoms with van der Waals surface area (Å²) in [6.07, 6.45) is 2.65. The standard InChI is InChI=1S/C21H23N3O3/c1-4-17(15-5-6-18-19(12-15)27-10-9-26-18)23-21(25)16-7-8-24-14(3)11-13(2)22-20(16)24/h5-8,11-12,17H,4,9-10H2,1-3H3,(H,23,25). The highest BCUT2D eigenvalue weighted by molar-refractivity contribution is 6.00. The van der Waals surface area contributed by atoms with Gasteiger partial charge in [0.25, 0.3) is 5.91 Å². The Labute approximate surface area is 158 Å². The van der Waals surface area contributed by atoms with Crippen molar-refractivity contribution >= 4 is 11.6 Å². The fourth-order valence-electron chi connectivity index (χ4n) is 3.50. The summed E-state index contributed by atoms with van der Waals surface area (Å²) >= 11 is 0. The smallest absolute Gasteiger partial charge is 0.255 e. The molecule has 0 spiro atoms. The zero-order chi connectivity index (χ0) is 19.0. The summed E-state index contributed by atoms with van der Waals surface area (Å²) in [6.45, 7) is 7.10. The molecule has 4 rings (SSSR count). The van der Waals surface area contributed by atoms with Crippen LogP contribution >= 0.6 is 0 Å². The maximum Gasteiger partial charge on any atom is 0.255 e. The van der Waals surface area contributed by atoms with Crippen molar-refractivity contribution in [3.05, 3.63) is 59.0 Å². The van der Waals surface area contributed by atoms with Crippen LogP contribution in [0.4, 0.5) is 0 Å². The van der Waals surface area contributed by atoms with Crippen LogP contribution in [-0.2, 0) is 0 Å². The van der Waals surface area contributed by atoms with E-state index >= 15 is 0 Å². The number of ether oxygens (including phenoxy) is 2. The Morgan fingerprint density at radius 1 is 1.19 bits per heavy atom. The molecule has 27 heavy (non-hydrogen) atoms. The van der Waals surface area contributed by atoms with Gasteiger partial charge in [0.15, 0.2) is 11.5 Å². The number of fused-ring (bicyclic) bond motifs is 2. The minimum absolute atomic E-state index is 0.116. The number of carbonyl (C=O) groups is 1. The Kier molecular flexibility index (Phi) is 4.48. The summed E-state index contributed by atoms with van der Waals surface area (Å²) in [5, 5.41) is 3.13. The third kappa shape index (κ3) is 3.23. The molecule has 3 aromatic rings. The number of amides is 1. The zero-order valence-corrected chi connectivity index (χ0v) is 15.8. The molecule has 1 unspecified atom stereocenters. The van der Waals surface area contributed by atoms with Crippen molar-refractivity contribution < 1.29 is 14.3 Å². The van der Waals surface area contributed by atoms with E-state index < -0.39 is 0 Å². The van der Waals surface area contributed by atoms with Crippen LogP contribution in [0.25, 0.3) is 5.65 Å². The molecule has 0 radical (unpaired) electrons. The van der Waals surface area contributed by atoms with Gasteiger partial charge in [-0.1, -0.05) is 13.0 Å². The maximum absolute atomic E-state index is 13.0. The Balaban J connectivity index is 1.61. The van der Waals surface area contributed by atoms with Gasteiger partial charge in [-0.25, -0.2) is 4.98 Å². The average Bonchev–Trinajstić information content (AvgIpc) is 3.10. The minimum atomic E-state index is -0.128. The van der Waals surface area contributed by atoms with E-state index in [1.807, 2.05) is 61.7 Å². The Morgan fingerprint density at radius 3 is 2.74 bits per heavy atom. The number of aryl methyl sites for hydroxylation is 2. The van der Waals surface area contributed by atoms with Crippen molar-refractivity contribution in [2.45, 2.75) is 33.2 Å². The van der Waals surface area contributed by atoms with Gasteiger partial charge in [0.1, 0.15) is 18.9 Å². The SMILES string of the molecule is CCC(NC(=O)c1ccn2c(C)cc(C)nc12)c1ccc2c(c1)OCCO2. The summed E-state index contributed by atoms with van der Waals surface area (Å²) in [4.78, 5) is 17.5. The number of nitrogens with one attached hydrogen (secondary N) is 1. The predicted octanol–water partition coefficient (Wildman–Crippen LogP) is 3.60. The van der Waals surface area contributed by atoms with Gasteiger partial charge in [-0.15, -0.1) is 0 Å². The predicted molar refractivity (Wildman–Crippen MR) is 103 cm³/mol. The first-order valence-electron chi connectivity index (χ1n) is 9.22. The average molecular weight is 365 g/mol. The minimum Gasteiger partial charge on any atom is -0.486 e. The normalized spacial score (nSPS) is 14.2. The lowest BCUT2D eigenvalue weighted by Gasteiger charge is -2.22. The molecule has 1 aromatic carbocycles. The van der Waals surface area contributed by atoms with Gasteiger partial charge in [0, 0.05) is 17.6 Å². The highest BCUT2D eigenvalue weighted by Gasteiger charge is 2.20. The molecule has 6 nitrogen and oxygen atoms in total. The summed E-state index contributed by atoms with van der Waals surface area (Å²) in [5.41, 5.74) is 4.21. The van der Waals surface area contributed by atoms with Crippen molar-refractivity contribution in [2.24, 2.45) is 0 Å². The quantitative estimate of drug-likeness (QED) is 0.767. The van der Waals surface area contributed by atoms with Crippen LogP contribution in [0.5, 0.6) is 11.5 Å². The highest BCUT2D eigenvalue weighted by atomic mass is 16.6. The number of nitrogens with zero attached hydrogens (tertiary/aromatic N) is 2. The molecule has 1 N–H and O–H groups in total. The molecule has 0 aliphatic carbocycles. The van der Waals surface area contributed by atoms with E-state index in [0.29, 0.717) is 24.4 Å². The lowest BCUT2D eigenvalue weighted by Crippen LogP contribution is -2.28. The number of hydrogen-bond donors (Lipinski definition) is 1. The second kappa shape index (κ2) is 6.95. The fourth-order valence-corrected chi connectivity index (χ4v) is 3.50. The van der Waals surface area contributed by atoms with E-state index in [0.717, 1.165) is 34.9 Å². The second-order valence-electron chi connectivity index (χ2n) is 6.80. The molecule has 3 heterocycles. The monoisotopic (exact) mass is 365 g/mol. The molecule has 0 bridgehead atoms. The third-order valence-corrected chi connectivity index (χ3v) is 4.87. The molecule has 1 aliphatic rings. The number of aromatic nitrogens is 2. The Bertz CT molecular complexity index is 1010. The van der Waals surface area contributed by atoms with Crippen molar-refractivity contribution in [3.63, 3.8) is 0 Å². The summed E-state index contributed by atoms with van der Waals surface area (Å²) in [6, 6.07) is 9.54. The van der Waals surface area contributed by atoms with E-state index in [4.69, 9.17) is 9.47 Å². The van der Waals surface area contributed by atoms with Crippen LogP contribution in [0.1, 0.15) is 46.7 Å². The number of carbonyl (C=O) groups excluding carboxylic acids is 1. The van der Waals surface area contributed by atoms with Crippen molar-refractivity contribution in [3.8, 4) is 11.5 Å². The Hall–Kier alpha value is -3.02. The zero-order valence-electron chi connectivity index (χ0n) is 15.8. The van der Waals surface area contributed by atoms with Crippen LogP contribution in [0.3, 0.4) is 0 Å². The van der Waals surface area contributed by atoms with Gasteiger partial charge in [-0.2, -0.15) is 0 Å². The first-order valence-corrected chi connectivity index (χ1v) is 9.22. The van der Waals surface area contributed by atoms with Crippen molar-refractivity contribution in [2.75, 3.05) is 13.2 Å². The third-order valence-electron chi connectivity index (χ3n) is 4.87. The second-order valence-corrected chi connectivity index (χ2v) is 6.80. The van der Waals surface area contributed by atoms with E-state index in [2.05, 4.69) is 10.3 Å². The molecule has 6 heteroatoms. The van der Waals surface area contributed by atoms with Crippen LogP contribution < -0.4 is 14.8 Å². The van der Waals surface area contributed by atoms with E-state index in [1.54, 1.807) is 0 Å². The van der Waals surface area contributed by atoms with Crippen LogP contribution in [0.15, 0.2) is 36.5 Å². The summed E-state index contributed by atoms with van der Waals surface area (Å²) < 4.78 is 13.2. The topological polar surface area (TPSA) is 64.9 Å². The largest absolute Gasteiger partial charge is 0.486 e. The number of benzene rings is 1. The molecule has 0 fully saturated rings. The highest BCUT2D eigenvalue weighted by Crippen LogP contribution is 2.33. The van der Waals surface area contributed by atoms with Gasteiger partial charge < -0.3 is 19.2 Å². The Morgan fingerprint density at radius 2 is 1.96 bits per heavy atom. The molecule has 0 saturated carbocycles. The first kappa shape index (κ1) is 17.4. The maximum atomic E-state index is 13.0. The summed E-state index contributed by atoms with van der Waals surface area (Å²) in [5.74, 6) is 1.35. The lowest BCUT2D eigenvalue weighted by molar-refractivity contribution is 0.0937. The van der Waals surface area contributed by atoms with Gasteiger partial charge in [-0.3, -0.25) is 4.79 Å². The molecular weight excluding hydrogens is 342 g/mol. The molecule has 2 aromatic heterocycles. The van der Waals surface area contributed by atoms with Crippen molar-refractivity contribution in [1.82, 2.24) is 14.7 Å². The molecule has 0 saturated heterocycles. The molecule has 1 aliphatic heterocycles. The first-order chi connectivity index (χ1) is 13.1. The van der Waals surface area contributed by atoms with Gasteiger partial charge in [-0.05, 0) is 50.1 Å². The van der Waals surface area contributed by atoms with Crippen LogP contribution in [0.2, 0.25) is 0 Å². The summed E-state index contributed by atoms with van der Waals surface area (Å²) in [7, 11) is 0. The number of rotatable bonds is 4. The molecular formula is C21H23N3O3. The van der Waals surface area contributed by atoms with Gasteiger partial charge in [0.05, 0.1) is 11.6 Å². The lowest BCUT2D eigenvalue weighted by atomic mass is 10.0. The van der Waals surface area contributed by atoms with E-state index in [-0.39, 0.29) is 11.9 Å². The van der Waals surface area contributed by atoms with Gasteiger partial charge in [0.2, 0.25) is 0 Å².